The van der Waals surface area contributed by atoms with E-state index in [2.05, 4.69) is 21.3 Å². The van der Waals surface area contributed by atoms with Crippen molar-refractivity contribution in [1.82, 2.24) is 10.6 Å². The smallest absolute Gasteiger partial charge is 0.268 e. The van der Waals surface area contributed by atoms with Crippen LogP contribution in [0.4, 0.5) is 11.4 Å². The van der Waals surface area contributed by atoms with E-state index in [4.69, 9.17) is 16.6 Å². The number of hydrogen-bond acceptors (Lipinski definition) is 4. The van der Waals surface area contributed by atoms with Crippen LogP contribution >= 0.6 is 12.2 Å². The van der Waals surface area contributed by atoms with Crippen LogP contribution in [0.1, 0.15) is 21.7 Å². The number of rotatable bonds is 9. The Bertz CT molecular complexity index is 1700. The average molecular weight is 573 g/mol. The van der Waals surface area contributed by atoms with Gasteiger partial charge in [0.05, 0.1) is 0 Å². The van der Waals surface area contributed by atoms with Gasteiger partial charge in [-0.3, -0.25) is 9.59 Å². The van der Waals surface area contributed by atoms with Gasteiger partial charge in [-0.2, -0.15) is 0 Å². The van der Waals surface area contributed by atoms with Crippen molar-refractivity contribution in [3.05, 3.63) is 150 Å². The fourth-order valence-corrected chi connectivity index (χ4v) is 4.36. The number of nitrogens with one attached hydrogen (secondary N) is 4. The van der Waals surface area contributed by atoms with E-state index >= 15 is 0 Å². The lowest BCUT2D eigenvalue weighted by Gasteiger charge is -2.13. The van der Waals surface area contributed by atoms with Crippen LogP contribution in [0.2, 0.25) is 0 Å². The third kappa shape index (κ3) is 7.80. The first-order valence-electron chi connectivity index (χ1n) is 13.3. The van der Waals surface area contributed by atoms with Gasteiger partial charge in [0.25, 0.3) is 11.8 Å². The highest BCUT2D eigenvalue weighted by atomic mass is 32.1. The summed E-state index contributed by atoms with van der Waals surface area (Å²) in [6.07, 6.45) is 1.52. The van der Waals surface area contributed by atoms with Crippen molar-refractivity contribution in [2.75, 3.05) is 10.6 Å². The minimum atomic E-state index is -0.462. The molecule has 7 nitrogen and oxygen atoms in total. The molecule has 0 aliphatic heterocycles. The van der Waals surface area contributed by atoms with Gasteiger partial charge in [-0.15, -0.1) is 0 Å². The van der Waals surface area contributed by atoms with Crippen molar-refractivity contribution in [3.63, 3.8) is 0 Å². The Morgan fingerprint density at radius 3 is 2.10 bits per heavy atom. The summed E-state index contributed by atoms with van der Waals surface area (Å²) in [5.74, 6) is 0.215. The van der Waals surface area contributed by atoms with Gasteiger partial charge in [-0.1, -0.05) is 78.9 Å². The van der Waals surface area contributed by atoms with Crippen LogP contribution in [0.5, 0.6) is 0 Å². The number of furan rings is 1. The highest BCUT2D eigenvalue weighted by Gasteiger charge is 2.16. The molecule has 0 bridgehead atoms. The molecule has 0 saturated heterocycles. The van der Waals surface area contributed by atoms with Crippen LogP contribution < -0.4 is 21.3 Å². The number of thiocarbonyl (C=S) groups is 1. The normalized spacial score (nSPS) is 10.9. The van der Waals surface area contributed by atoms with E-state index in [1.807, 2.05) is 97.1 Å². The fourth-order valence-electron chi connectivity index (χ4n) is 4.12. The van der Waals surface area contributed by atoms with Crippen molar-refractivity contribution in [2.24, 2.45) is 0 Å². The molecule has 0 saturated carbocycles. The van der Waals surface area contributed by atoms with Crippen LogP contribution in [-0.4, -0.2) is 16.9 Å². The highest BCUT2D eigenvalue weighted by Crippen LogP contribution is 2.23. The number of carbonyl (C=O) groups excluding carboxylic acids is 2. The van der Waals surface area contributed by atoms with Crippen LogP contribution in [0.25, 0.3) is 17.4 Å². The SMILES string of the molecule is O=C(NCc1cccc(NC(=S)Nc2ccccc2)c1)C(=Cc1ccc(-c2ccccc2)o1)NC(=O)c1ccccc1. The molecule has 208 valence electrons. The molecular weight excluding hydrogens is 544 g/mol. The number of hydrogen-bond donors (Lipinski definition) is 4. The Balaban J connectivity index is 1.29. The maximum Gasteiger partial charge on any atom is 0.268 e. The Kier molecular flexibility index (Phi) is 9.18. The molecule has 2 amide bonds. The average Bonchev–Trinajstić information content (AvgIpc) is 3.49. The highest BCUT2D eigenvalue weighted by molar-refractivity contribution is 7.80. The fraction of sp³-hybridized carbons (Fsp3) is 0.0294. The van der Waals surface area contributed by atoms with E-state index in [1.54, 1.807) is 30.3 Å². The lowest BCUT2D eigenvalue weighted by atomic mass is 10.2. The van der Waals surface area contributed by atoms with E-state index in [0.717, 1.165) is 22.5 Å². The second-order valence-electron chi connectivity index (χ2n) is 9.27. The molecule has 0 radical (unpaired) electrons. The van der Waals surface area contributed by atoms with Crippen molar-refractivity contribution in [1.29, 1.82) is 0 Å². The molecule has 0 atom stereocenters. The van der Waals surface area contributed by atoms with Gasteiger partial charge in [-0.05, 0) is 66.3 Å². The molecule has 5 aromatic rings. The zero-order valence-corrected chi connectivity index (χ0v) is 23.4. The van der Waals surface area contributed by atoms with Gasteiger partial charge < -0.3 is 25.7 Å². The first-order valence-corrected chi connectivity index (χ1v) is 13.7. The summed E-state index contributed by atoms with van der Waals surface area (Å²) >= 11 is 5.43. The summed E-state index contributed by atoms with van der Waals surface area (Å²) in [7, 11) is 0. The van der Waals surface area contributed by atoms with Crippen molar-refractivity contribution < 1.29 is 14.0 Å². The van der Waals surface area contributed by atoms with Crippen molar-refractivity contribution in [3.8, 4) is 11.3 Å². The predicted octanol–water partition coefficient (Wildman–Crippen LogP) is 6.84. The van der Waals surface area contributed by atoms with Gasteiger partial charge in [0, 0.05) is 35.1 Å². The zero-order valence-electron chi connectivity index (χ0n) is 22.5. The Morgan fingerprint density at radius 2 is 1.36 bits per heavy atom. The van der Waals surface area contributed by atoms with Gasteiger partial charge in [-0.25, -0.2) is 0 Å². The summed E-state index contributed by atoms with van der Waals surface area (Å²) in [6.45, 7) is 0.221. The topological polar surface area (TPSA) is 95.4 Å². The maximum absolute atomic E-state index is 13.3. The lowest BCUT2D eigenvalue weighted by molar-refractivity contribution is -0.117. The van der Waals surface area contributed by atoms with E-state index in [-0.39, 0.29) is 12.2 Å². The van der Waals surface area contributed by atoms with Crippen molar-refractivity contribution in [2.45, 2.75) is 6.54 Å². The molecule has 0 aliphatic rings. The molecule has 42 heavy (non-hydrogen) atoms. The molecule has 4 aromatic carbocycles. The molecular formula is C34H28N4O3S. The Hall–Kier alpha value is -5.47. The number of amides is 2. The molecule has 8 heteroatoms. The minimum Gasteiger partial charge on any atom is -0.457 e. The summed E-state index contributed by atoms with van der Waals surface area (Å²) in [6, 6.07) is 39.1. The predicted molar refractivity (Wildman–Crippen MR) is 171 cm³/mol. The van der Waals surface area contributed by atoms with Crippen LogP contribution in [0.15, 0.2) is 138 Å². The Labute approximate surface area is 249 Å². The minimum absolute atomic E-state index is 0.0559. The summed E-state index contributed by atoms with van der Waals surface area (Å²) in [5.41, 5.74) is 3.88. The molecule has 0 fully saturated rings. The van der Waals surface area contributed by atoms with Crippen LogP contribution in [0.3, 0.4) is 0 Å². The molecule has 0 spiro atoms. The second-order valence-corrected chi connectivity index (χ2v) is 9.68. The standard InChI is InChI=1S/C34H28N4O3S/c39-32(26-14-6-2-7-15-26)38-30(22-29-19-20-31(41-29)25-12-4-1-5-13-25)33(40)35-23-24-11-10-18-28(21-24)37-34(42)36-27-16-8-3-9-17-27/h1-22H,23H2,(H,35,40)(H,38,39)(H2,36,37,42). The summed E-state index contributed by atoms with van der Waals surface area (Å²) < 4.78 is 5.96. The van der Waals surface area contributed by atoms with Gasteiger partial charge in [0.15, 0.2) is 5.11 Å². The van der Waals surface area contributed by atoms with Crippen molar-refractivity contribution >= 4 is 46.6 Å². The number of para-hydroxylation sites is 1. The first kappa shape index (κ1) is 28.1. The first-order chi connectivity index (χ1) is 20.5. The second kappa shape index (κ2) is 13.7. The van der Waals surface area contributed by atoms with E-state index in [1.165, 1.54) is 6.08 Å². The quantitative estimate of drug-likeness (QED) is 0.114. The number of benzene rings is 4. The molecule has 4 N–H and O–H groups in total. The van der Waals surface area contributed by atoms with E-state index < -0.39 is 11.8 Å². The Morgan fingerprint density at radius 1 is 0.714 bits per heavy atom. The summed E-state index contributed by atoms with van der Waals surface area (Å²) in [4.78, 5) is 26.3. The van der Waals surface area contributed by atoms with E-state index in [0.29, 0.717) is 22.2 Å². The summed E-state index contributed by atoms with van der Waals surface area (Å²) in [5, 5.41) is 12.4. The number of anilines is 2. The van der Waals surface area contributed by atoms with Gasteiger partial charge >= 0.3 is 0 Å². The number of carbonyl (C=O) groups is 2. The maximum atomic E-state index is 13.3. The van der Waals surface area contributed by atoms with Gasteiger partial charge in [0.1, 0.15) is 17.2 Å². The largest absolute Gasteiger partial charge is 0.457 e. The third-order valence-electron chi connectivity index (χ3n) is 6.17. The molecule has 1 aromatic heterocycles. The third-order valence-corrected chi connectivity index (χ3v) is 6.37. The molecule has 0 aliphatic carbocycles. The monoisotopic (exact) mass is 572 g/mol. The zero-order chi connectivity index (χ0) is 29.1. The molecule has 5 rings (SSSR count). The van der Waals surface area contributed by atoms with Gasteiger partial charge in [0.2, 0.25) is 0 Å². The van der Waals surface area contributed by atoms with Crippen LogP contribution in [-0.2, 0) is 11.3 Å². The molecule has 1 heterocycles. The van der Waals surface area contributed by atoms with Crippen LogP contribution in [0, 0.1) is 0 Å². The van der Waals surface area contributed by atoms with E-state index in [9.17, 15) is 9.59 Å². The molecule has 0 unspecified atom stereocenters. The lowest BCUT2D eigenvalue weighted by Crippen LogP contribution is -2.34.